The first kappa shape index (κ1) is 39.5. The van der Waals surface area contributed by atoms with E-state index in [1.54, 1.807) is 77.3 Å². The van der Waals surface area contributed by atoms with E-state index in [4.69, 9.17) is 18.9 Å². The van der Waals surface area contributed by atoms with Crippen molar-refractivity contribution in [2.24, 2.45) is 16.7 Å². The molecule has 10 nitrogen and oxygen atoms in total. The molecule has 3 aliphatic carbocycles. The van der Waals surface area contributed by atoms with Gasteiger partial charge in [-0.15, -0.1) is 0 Å². The van der Waals surface area contributed by atoms with Crippen LogP contribution in [-0.4, -0.2) is 87.6 Å². The number of ketones is 1. The number of ether oxygens (including phenoxy) is 4. The predicted octanol–water partition coefficient (Wildman–Crippen LogP) is 2.74. The van der Waals surface area contributed by atoms with Gasteiger partial charge in [-0.2, -0.15) is 0 Å². The Labute approximate surface area is 346 Å². The largest absolute Gasteiger partial charge is 0.497 e. The van der Waals surface area contributed by atoms with E-state index in [0.29, 0.717) is 11.3 Å². The van der Waals surface area contributed by atoms with E-state index >= 15 is 0 Å². The van der Waals surface area contributed by atoms with Crippen molar-refractivity contribution >= 4 is 11.8 Å². The third-order valence-electron chi connectivity index (χ3n) is 11.2. The summed E-state index contributed by atoms with van der Waals surface area (Å²) < 4.78 is 23.8. The average Bonchev–Trinajstić information content (AvgIpc) is 3.01. The summed E-state index contributed by atoms with van der Waals surface area (Å²) in [6, 6.07) is 15.5. The Balaban J connectivity index is 0.00000250. The zero-order chi connectivity index (χ0) is 32.5. The average molecular weight is 1080 g/mol. The SMILES string of the molecule is COc1ccc(COC2CC3OCC3(O)C3C(OC(=O)c4ccccc4)C4(O)CC(O)C(C)=C(C(O)C(=O)[C@]23C)C4(C)C)cc1.[Ac].[Ac]. The maximum atomic E-state index is 14.8. The molecule has 3 fully saturated rings. The van der Waals surface area contributed by atoms with Crippen LogP contribution in [0.1, 0.15) is 56.5 Å². The molecule has 9 atom stereocenters. The molecule has 2 radical (unpaired) electrons. The number of carbonyl (C=O) groups excluding carboxylic acids is 2. The van der Waals surface area contributed by atoms with Gasteiger partial charge >= 0.3 is 5.97 Å². The third kappa shape index (κ3) is 6.21. The van der Waals surface area contributed by atoms with Gasteiger partial charge in [0.05, 0.1) is 49.6 Å². The van der Waals surface area contributed by atoms with Crippen LogP contribution in [0.3, 0.4) is 0 Å². The minimum Gasteiger partial charge on any atom is -0.497 e. The van der Waals surface area contributed by atoms with Crippen molar-refractivity contribution in [3.63, 3.8) is 0 Å². The van der Waals surface area contributed by atoms with Crippen LogP contribution in [0.4, 0.5) is 0 Å². The van der Waals surface area contributed by atoms with Crippen LogP contribution in [0, 0.1) is 105 Å². The standard InChI is InChI=1S/C35H42O10.2Ac/c1-19-23(36)16-35(41)30(45-31(39)21-9-7-6-8-10-21)28-33(4,29(38)27(37)26(19)32(35,2)3)24(15-25-34(28,40)18-44-25)43-17-20-11-13-22(42-5)14-12-20;;/h6-14,23-25,27-28,30,36-37,40-41H,15-18H2,1-5H3;;/t23?,24?,25?,27?,28?,30?,33-,34?,35?;;/m1../s1. The summed E-state index contributed by atoms with van der Waals surface area (Å²) in [6.07, 6.45) is -6.32. The maximum absolute atomic E-state index is 14.8. The summed E-state index contributed by atoms with van der Waals surface area (Å²) in [7, 11) is 1.57. The number of fused-ring (bicyclic) bond motifs is 5. The fraction of sp³-hybridized carbons (Fsp3) is 0.543. The molecule has 4 aliphatic rings. The molecule has 2 aromatic rings. The number of rotatable bonds is 6. The van der Waals surface area contributed by atoms with Crippen LogP contribution in [0.15, 0.2) is 65.7 Å². The number of aliphatic hydroxyl groups is 4. The van der Waals surface area contributed by atoms with E-state index in [9.17, 15) is 30.0 Å². The van der Waals surface area contributed by atoms with Gasteiger partial charge < -0.3 is 39.4 Å². The quantitative estimate of drug-likeness (QED) is 0.252. The number of Topliss-reactive ketones (excluding diaryl/α,β-unsaturated/α-hetero) is 1. The van der Waals surface area contributed by atoms with Gasteiger partial charge in [0, 0.05) is 112 Å². The van der Waals surface area contributed by atoms with Crippen LogP contribution in [-0.2, 0) is 25.6 Å². The van der Waals surface area contributed by atoms with E-state index in [1.165, 1.54) is 0 Å². The molecule has 2 bridgehead atoms. The van der Waals surface area contributed by atoms with Gasteiger partial charge in [-0.3, -0.25) is 4.79 Å². The van der Waals surface area contributed by atoms with Gasteiger partial charge in [0.25, 0.3) is 0 Å². The van der Waals surface area contributed by atoms with Crippen molar-refractivity contribution in [3.8, 4) is 5.75 Å². The molecule has 248 valence electrons. The number of hydrogen-bond acceptors (Lipinski definition) is 10. The summed E-state index contributed by atoms with van der Waals surface area (Å²) in [6.45, 7) is 6.50. The van der Waals surface area contributed by atoms with Crippen LogP contribution < -0.4 is 4.74 Å². The summed E-state index contributed by atoms with van der Waals surface area (Å²) in [4.78, 5) is 28.5. The molecule has 0 spiro atoms. The zero-order valence-corrected chi connectivity index (χ0v) is 36.9. The predicted molar refractivity (Wildman–Crippen MR) is 161 cm³/mol. The molecule has 0 aromatic heterocycles. The maximum Gasteiger partial charge on any atom is 0.338 e. The van der Waals surface area contributed by atoms with Gasteiger partial charge in [-0.05, 0) is 54.8 Å². The molecule has 6 rings (SSSR count). The molecule has 2 saturated carbocycles. The number of hydrogen-bond donors (Lipinski definition) is 4. The molecular weight excluding hydrogens is 1030 g/mol. The number of carbonyl (C=O) groups is 2. The summed E-state index contributed by atoms with van der Waals surface area (Å²) in [5.74, 6) is -2.01. The Hall–Kier alpha value is -0.237. The monoisotopic (exact) mass is 1080 g/mol. The van der Waals surface area contributed by atoms with Crippen molar-refractivity contribution in [2.45, 2.75) is 88.9 Å². The van der Waals surface area contributed by atoms with Crippen LogP contribution >= 0.6 is 0 Å². The van der Waals surface area contributed by atoms with E-state index in [2.05, 4.69) is 0 Å². The smallest absolute Gasteiger partial charge is 0.338 e. The first-order chi connectivity index (χ1) is 21.2. The van der Waals surface area contributed by atoms with Crippen LogP contribution in [0.5, 0.6) is 5.75 Å². The fourth-order valence-electron chi connectivity index (χ4n) is 8.40. The second-order valence-electron chi connectivity index (χ2n) is 13.8. The molecular formula is C35H42Ac2O10. The van der Waals surface area contributed by atoms with E-state index in [0.717, 1.165) is 5.56 Å². The fourth-order valence-corrected chi connectivity index (χ4v) is 8.40. The van der Waals surface area contributed by atoms with E-state index in [1.807, 2.05) is 12.1 Å². The second kappa shape index (κ2) is 14.4. The minimum atomic E-state index is -2.02. The Kier molecular flexibility index (Phi) is 12.1. The summed E-state index contributed by atoms with van der Waals surface area (Å²) in [5, 5.41) is 48.2. The van der Waals surface area contributed by atoms with Crippen molar-refractivity contribution in [2.75, 3.05) is 13.7 Å². The number of benzene rings is 2. The number of aliphatic hydroxyl groups excluding tert-OH is 2. The Morgan fingerprint density at radius 2 is 1.64 bits per heavy atom. The second-order valence-corrected chi connectivity index (χ2v) is 13.8. The molecule has 1 aliphatic heterocycles. The summed E-state index contributed by atoms with van der Waals surface area (Å²) >= 11 is 0. The van der Waals surface area contributed by atoms with Crippen molar-refractivity contribution in [1.82, 2.24) is 0 Å². The molecule has 1 saturated heterocycles. The van der Waals surface area contributed by atoms with Gasteiger partial charge in [0.15, 0.2) is 5.78 Å². The van der Waals surface area contributed by atoms with Crippen molar-refractivity contribution in [3.05, 3.63) is 76.9 Å². The van der Waals surface area contributed by atoms with Crippen molar-refractivity contribution in [1.29, 1.82) is 0 Å². The Bertz CT molecular complexity index is 1510. The minimum absolute atomic E-state index is 0. The molecule has 47 heavy (non-hydrogen) atoms. The van der Waals surface area contributed by atoms with Crippen molar-refractivity contribution < 1.29 is 137 Å². The molecule has 12 heteroatoms. The topological polar surface area (TPSA) is 152 Å². The van der Waals surface area contributed by atoms with Crippen LogP contribution in [0.25, 0.3) is 0 Å². The molecule has 8 unspecified atom stereocenters. The molecule has 1 heterocycles. The van der Waals surface area contributed by atoms with E-state index < -0.39 is 70.2 Å². The van der Waals surface area contributed by atoms with Gasteiger partial charge in [-0.1, -0.05) is 44.2 Å². The first-order valence-electron chi connectivity index (χ1n) is 15.4. The Morgan fingerprint density at radius 1 is 1.00 bits per heavy atom. The normalized spacial score (nSPS) is 37.0. The number of esters is 1. The zero-order valence-electron chi connectivity index (χ0n) is 27.4. The van der Waals surface area contributed by atoms with E-state index in [-0.39, 0.29) is 125 Å². The van der Waals surface area contributed by atoms with Gasteiger partial charge in [-0.25, -0.2) is 4.79 Å². The van der Waals surface area contributed by atoms with Crippen LogP contribution in [0.2, 0.25) is 0 Å². The third-order valence-corrected chi connectivity index (χ3v) is 11.2. The van der Waals surface area contributed by atoms with Gasteiger partial charge in [0.1, 0.15) is 29.2 Å². The number of methoxy groups -OCH3 is 1. The molecule has 2 aromatic carbocycles. The Morgan fingerprint density at radius 3 is 2.21 bits per heavy atom. The van der Waals surface area contributed by atoms with Gasteiger partial charge in [0.2, 0.25) is 0 Å². The molecule has 4 N–H and O–H groups in total. The molecule has 0 amide bonds. The first-order valence-corrected chi connectivity index (χ1v) is 15.4. The summed E-state index contributed by atoms with van der Waals surface area (Å²) in [5.41, 5.74) is -5.20.